The van der Waals surface area contributed by atoms with Crippen molar-refractivity contribution in [3.63, 3.8) is 0 Å². The molecule has 0 bridgehead atoms. The Morgan fingerprint density at radius 3 is 2.56 bits per heavy atom. The Balaban J connectivity index is 1.58. The van der Waals surface area contributed by atoms with Gasteiger partial charge in [0.25, 0.3) is 0 Å². The molecule has 3 rings (SSSR count). The predicted octanol–water partition coefficient (Wildman–Crippen LogP) is 3.97. The van der Waals surface area contributed by atoms with Crippen molar-refractivity contribution >= 4 is 28.7 Å². The Bertz CT molecular complexity index is 745. The lowest BCUT2D eigenvalue weighted by atomic mass is 10.1. The number of rotatable bonds is 6. The van der Waals surface area contributed by atoms with Crippen molar-refractivity contribution in [2.45, 2.75) is 19.9 Å². The molecule has 0 aromatic heterocycles. The number of anilines is 2. The molecule has 0 amide bonds. The van der Waals surface area contributed by atoms with Gasteiger partial charge in [0, 0.05) is 18.8 Å². The summed E-state index contributed by atoms with van der Waals surface area (Å²) in [6.45, 7) is 8.17. The second-order valence-electron chi connectivity index (χ2n) is 6.44. The van der Waals surface area contributed by atoms with E-state index in [1.165, 1.54) is 11.3 Å². The van der Waals surface area contributed by atoms with Gasteiger partial charge >= 0.3 is 0 Å². The zero-order valence-electron chi connectivity index (χ0n) is 15.9. The van der Waals surface area contributed by atoms with Gasteiger partial charge < -0.3 is 25.0 Å². The van der Waals surface area contributed by atoms with Crippen LogP contribution in [0.5, 0.6) is 5.75 Å². The lowest BCUT2D eigenvalue weighted by Crippen LogP contribution is -2.36. The van der Waals surface area contributed by atoms with E-state index in [2.05, 4.69) is 46.7 Å². The molecule has 0 saturated carbocycles. The van der Waals surface area contributed by atoms with Crippen LogP contribution in [0.3, 0.4) is 0 Å². The van der Waals surface area contributed by atoms with Crippen molar-refractivity contribution in [1.82, 2.24) is 5.32 Å². The lowest BCUT2D eigenvalue weighted by Gasteiger charge is -2.29. The van der Waals surface area contributed by atoms with E-state index in [4.69, 9.17) is 21.7 Å². The minimum absolute atomic E-state index is 0.1000. The summed E-state index contributed by atoms with van der Waals surface area (Å²) in [6.07, 6.45) is 0. The zero-order valence-corrected chi connectivity index (χ0v) is 16.7. The summed E-state index contributed by atoms with van der Waals surface area (Å²) in [5, 5.41) is 7.15. The zero-order chi connectivity index (χ0) is 19.1. The summed E-state index contributed by atoms with van der Waals surface area (Å²) in [4.78, 5) is 2.35. The van der Waals surface area contributed by atoms with Crippen molar-refractivity contribution in [1.29, 1.82) is 0 Å². The molecule has 1 atom stereocenters. The van der Waals surface area contributed by atoms with Crippen molar-refractivity contribution in [3.8, 4) is 5.75 Å². The summed E-state index contributed by atoms with van der Waals surface area (Å²) in [5.41, 5.74) is 3.29. The maximum atomic E-state index is 5.63. The molecule has 1 aliphatic rings. The lowest BCUT2D eigenvalue weighted by molar-refractivity contribution is 0.122. The number of morpholine rings is 1. The monoisotopic (exact) mass is 385 g/mol. The third-order valence-corrected chi connectivity index (χ3v) is 4.77. The SMILES string of the molecule is CCOc1ccccc1NC(=S)NC(C)c1ccc(N2CCOCC2)cc1. The Kier molecular flexibility index (Phi) is 6.90. The van der Waals surface area contributed by atoms with E-state index in [0.29, 0.717) is 11.7 Å². The maximum Gasteiger partial charge on any atom is 0.171 e. The number of para-hydroxylation sites is 2. The largest absolute Gasteiger partial charge is 0.492 e. The van der Waals surface area contributed by atoms with E-state index in [1.54, 1.807) is 0 Å². The minimum Gasteiger partial charge on any atom is -0.492 e. The van der Waals surface area contributed by atoms with Crippen LogP contribution in [0.15, 0.2) is 48.5 Å². The van der Waals surface area contributed by atoms with Crippen LogP contribution in [-0.4, -0.2) is 38.0 Å². The van der Waals surface area contributed by atoms with Gasteiger partial charge in [0.15, 0.2) is 5.11 Å². The summed E-state index contributed by atoms with van der Waals surface area (Å²) in [7, 11) is 0. The van der Waals surface area contributed by atoms with Crippen LogP contribution in [-0.2, 0) is 4.74 Å². The summed E-state index contributed by atoms with van der Waals surface area (Å²) in [6, 6.07) is 16.5. The van der Waals surface area contributed by atoms with Crippen molar-refractivity contribution < 1.29 is 9.47 Å². The fourth-order valence-corrected chi connectivity index (χ4v) is 3.37. The summed E-state index contributed by atoms with van der Waals surface area (Å²) >= 11 is 5.48. The second kappa shape index (κ2) is 9.58. The van der Waals surface area contributed by atoms with Crippen LogP contribution in [0, 0.1) is 0 Å². The van der Waals surface area contributed by atoms with Crippen molar-refractivity contribution in [3.05, 3.63) is 54.1 Å². The average molecular weight is 386 g/mol. The van der Waals surface area contributed by atoms with E-state index >= 15 is 0 Å². The molecule has 0 aliphatic carbocycles. The Morgan fingerprint density at radius 2 is 1.85 bits per heavy atom. The van der Waals surface area contributed by atoms with Gasteiger partial charge in [-0.05, 0) is 55.9 Å². The number of nitrogens with zero attached hydrogens (tertiary/aromatic N) is 1. The highest BCUT2D eigenvalue weighted by atomic mass is 32.1. The standard InChI is InChI=1S/C21H27N3O2S/c1-3-26-20-7-5-4-6-19(20)23-21(27)22-16(2)17-8-10-18(11-9-17)24-12-14-25-15-13-24/h4-11,16H,3,12-15H2,1-2H3,(H2,22,23,27). The highest BCUT2D eigenvalue weighted by Gasteiger charge is 2.13. The molecule has 5 nitrogen and oxygen atoms in total. The molecule has 1 saturated heterocycles. The topological polar surface area (TPSA) is 45.8 Å². The molecule has 2 aromatic rings. The molecule has 1 aliphatic heterocycles. The Morgan fingerprint density at radius 1 is 1.15 bits per heavy atom. The number of ether oxygens (including phenoxy) is 2. The quantitative estimate of drug-likeness (QED) is 0.734. The highest BCUT2D eigenvalue weighted by Crippen LogP contribution is 2.24. The molecule has 27 heavy (non-hydrogen) atoms. The Hall–Kier alpha value is -2.31. The van der Waals surface area contributed by atoms with Crippen LogP contribution in [0.2, 0.25) is 0 Å². The molecule has 2 N–H and O–H groups in total. The first-order valence-electron chi connectivity index (χ1n) is 9.39. The van der Waals surface area contributed by atoms with Crippen LogP contribution >= 0.6 is 12.2 Å². The average Bonchev–Trinajstić information content (AvgIpc) is 2.70. The molecule has 6 heteroatoms. The van der Waals surface area contributed by atoms with E-state index in [9.17, 15) is 0 Å². The summed E-state index contributed by atoms with van der Waals surface area (Å²) < 4.78 is 11.1. The van der Waals surface area contributed by atoms with Gasteiger partial charge in [0.2, 0.25) is 0 Å². The number of hydrogen-bond acceptors (Lipinski definition) is 4. The molecule has 2 aromatic carbocycles. The molecule has 1 unspecified atom stereocenters. The first-order chi connectivity index (χ1) is 13.2. The van der Waals surface area contributed by atoms with Crippen LogP contribution in [0.4, 0.5) is 11.4 Å². The van der Waals surface area contributed by atoms with E-state index in [1.807, 2.05) is 31.2 Å². The number of benzene rings is 2. The molecular formula is C21H27N3O2S. The third kappa shape index (κ3) is 5.34. The summed E-state index contributed by atoms with van der Waals surface area (Å²) in [5.74, 6) is 0.798. The van der Waals surface area contributed by atoms with Gasteiger partial charge in [-0.2, -0.15) is 0 Å². The first kappa shape index (κ1) is 19.5. The normalized spacial score (nSPS) is 15.1. The Labute approximate surface area is 166 Å². The van der Waals surface area contributed by atoms with Crippen molar-refractivity contribution in [2.24, 2.45) is 0 Å². The smallest absolute Gasteiger partial charge is 0.171 e. The maximum absolute atomic E-state index is 5.63. The van der Waals surface area contributed by atoms with Crippen LogP contribution in [0.25, 0.3) is 0 Å². The highest BCUT2D eigenvalue weighted by molar-refractivity contribution is 7.80. The fourth-order valence-electron chi connectivity index (χ4n) is 3.09. The van der Waals surface area contributed by atoms with Crippen LogP contribution < -0.4 is 20.3 Å². The van der Waals surface area contributed by atoms with Gasteiger partial charge in [-0.1, -0.05) is 24.3 Å². The van der Waals surface area contributed by atoms with E-state index in [0.717, 1.165) is 37.7 Å². The number of thiocarbonyl (C=S) groups is 1. The van der Waals surface area contributed by atoms with Gasteiger partial charge in [-0.15, -0.1) is 0 Å². The van der Waals surface area contributed by atoms with E-state index < -0.39 is 0 Å². The fraction of sp³-hybridized carbons (Fsp3) is 0.381. The van der Waals surface area contributed by atoms with Crippen molar-refractivity contribution in [2.75, 3.05) is 43.1 Å². The third-order valence-electron chi connectivity index (χ3n) is 4.55. The molecule has 1 fully saturated rings. The molecule has 0 spiro atoms. The van der Waals surface area contributed by atoms with Gasteiger partial charge in [-0.3, -0.25) is 0 Å². The number of nitrogens with one attached hydrogen (secondary N) is 2. The van der Waals surface area contributed by atoms with Gasteiger partial charge in [0.05, 0.1) is 31.5 Å². The molecular weight excluding hydrogens is 358 g/mol. The van der Waals surface area contributed by atoms with E-state index in [-0.39, 0.29) is 6.04 Å². The van der Waals surface area contributed by atoms with Gasteiger partial charge in [0.1, 0.15) is 5.75 Å². The predicted molar refractivity (Wildman–Crippen MR) is 115 cm³/mol. The molecule has 1 heterocycles. The van der Waals surface area contributed by atoms with Crippen LogP contribution in [0.1, 0.15) is 25.5 Å². The number of hydrogen-bond donors (Lipinski definition) is 2. The second-order valence-corrected chi connectivity index (χ2v) is 6.85. The molecule has 0 radical (unpaired) electrons. The first-order valence-corrected chi connectivity index (χ1v) is 9.80. The minimum atomic E-state index is 0.1000. The molecule has 144 valence electrons. The van der Waals surface area contributed by atoms with Gasteiger partial charge in [-0.25, -0.2) is 0 Å².